The fraction of sp³-hybridized carbons (Fsp3) is 0.627. The Bertz CT molecular complexity index is 2520. The molecule has 0 spiro atoms. The number of ether oxygens (including phenoxy) is 7. The molecule has 3 N–H and O–H groups in total. The number of methoxy groups -OCH3 is 1. The molecule has 2 aromatic carbocycles. The number of hydrogen-bond acceptors (Lipinski definition) is 18. The molecule has 2 aromatic heterocycles. The molecule has 400 valence electrons. The highest BCUT2D eigenvalue weighted by atomic mass is 32.2. The van der Waals surface area contributed by atoms with Crippen molar-refractivity contribution in [1.82, 2.24) is 30.4 Å². The summed E-state index contributed by atoms with van der Waals surface area (Å²) >= 11 is 1.56. The number of carbonyl (C=O) groups excluding carboxylic acids is 3. The number of aromatic nitrogens is 2. The molecule has 21 heteroatoms. The van der Waals surface area contributed by atoms with Gasteiger partial charge in [0.05, 0.1) is 92.0 Å². The van der Waals surface area contributed by atoms with Crippen molar-refractivity contribution in [3.05, 3.63) is 48.1 Å². The molecule has 0 aliphatic carbocycles. The minimum atomic E-state index is -3.81. The van der Waals surface area contributed by atoms with E-state index in [0.29, 0.717) is 88.9 Å². The average Bonchev–Trinajstić information content (AvgIpc) is 3.97. The van der Waals surface area contributed by atoms with E-state index < -0.39 is 49.7 Å². The van der Waals surface area contributed by atoms with Gasteiger partial charge in [0.15, 0.2) is 9.84 Å². The van der Waals surface area contributed by atoms with Gasteiger partial charge in [-0.2, -0.15) is 0 Å². The van der Waals surface area contributed by atoms with Crippen molar-refractivity contribution in [2.75, 3.05) is 98.6 Å². The number of nitrogens with one attached hydrogen (secondary N) is 3. The lowest BCUT2D eigenvalue weighted by molar-refractivity contribution is -0.152. The molecule has 1 aliphatic heterocycles. The molecule has 19 nitrogen and oxygen atoms in total. The Hall–Kier alpha value is -4.74. The second-order valence-corrected chi connectivity index (χ2v) is 24.4. The predicted molar refractivity (Wildman–Crippen MR) is 279 cm³/mol. The third-order valence-corrected chi connectivity index (χ3v) is 15.2. The number of thiazole rings is 1. The van der Waals surface area contributed by atoms with Crippen LogP contribution in [0.25, 0.3) is 21.1 Å². The second kappa shape index (κ2) is 26.0. The third-order valence-electron chi connectivity index (χ3n) is 11.9. The molecule has 5 rings (SSSR count). The Labute approximate surface area is 429 Å². The molecular weight excluding hydrogens is 967 g/mol. The van der Waals surface area contributed by atoms with E-state index in [1.165, 1.54) is 12.0 Å². The van der Waals surface area contributed by atoms with Gasteiger partial charge >= 0.3 is 12.1 Å². The normalized spacial score (nSPS) is 16.5. The van der Waals surface area contributed by atoms with Gasteiger partial charge in [0, 0.05) is 67.8 Å². The molecule has 4 atom stereocenters. The van der Waals surface area contributed by atoms with E-state index in [-0.39, 0.29) is 41.8 Å². The molecule has 1 aliphatic rings. The van der Waals surface area contributed by atoms with Crippen LogP contribution in [0.5, 0.6) is 5.75 Å². The topological polar surface area (TPSA) is 218 Å². The van der Waals surface area contributed by atoms with Crippen molar-refractivity contribution in [3.63, 3.8) is 0 Å². The van der Waals surface area contributed by atoms with Gasteiger partial charge in [0.25, 0.3) is 0 Å². The minimum absolute atomic E-state index is 0.0775. The van der Waals surface area contributed by atoms with Crippen LogP contribution in [0.3, 0.4) is 0 Å². The first kappa shape index (κ1) is 58.2. The van der Waals surface area contributed by atoms with E-state index in [4.69, 9.17) is 33.2 Å². The molecule has 2 amide bonds. The summed E-state index contributed by atoms with van der Waals surface area (Å²) in [6, 6.07) is 9.21. The van der Waals surface area contributed by atoms with Gasteiger partial charge < -0.3 is 58.9 Å². The summed E-state index contributed by atoms with van der Waals surface area (Å²) in [6.45, 7) is 22.2. The van der Waals surface area contributed by atoms with Crippen LogP contribution in [0.15, 0.2) is 53.0 Å². The second-order valence-electron chi connectivity index (χ2n) is 20.8. The van der Waals surface area contributed by atoms with Crippen LogP contribution in [0.2, 0.25) is 0 Å². The van der Waals surface area contributed by atoms with E-state index in [9.17, 15) is 22.8 Å². The Morgan fingerprint density at radius 2 is 1.49 bits per heavy atom. The number of anilines is 2. The first-order valence-corrected chi connectivity index (χ1v) is 26.8. The van der Waals surface area contributed by atoms with Crippen molar-refractivity contribution in [2.24, 2.45) is 5.41 Å². The smallest absolute Gasteiger partial charge is 0.410 e. The zero-order chi connectivity index (χ0) is 52.9. The minimum Gasteiger partial charge on any atom is -0.490 e. The van der Waals surface area contributed by atoms with Gasteiger partial charge in [-0.3, -0.25) is 9.78 Å². The number of esters is 1. The summed E-state index contributed by atoms with van der Waals surface area (Å²) in [6.07, 6.45) is 1.62. The van der Waals surface area contributed by atoms with E-state index in [2.05, 4.69) is 25.9 Å². The van der Waals surface area contributed by atoms with E-state index in [0.717, 1.165) is 15.9 Å². The number of pyridine rings is 1. The molecule has 2 unspecified atom stereocenters. The molecular formula is C51H77N7O12S2. The van der Waals surface area contributed by atoms with Crippen LogP contribution in [0.4, 0.5) is 16.2 Å². The van der Waals surface area contributed by atoms with Crippen molar-refractivity contribution in [1.29, 1.82) is 0 Å². The number of hydrogen-bond donors (Lipinski definition) is 3. The Morgan fingerprint density at radius 3 is 2.10 bits per heavy atom. The lowest BCUT2D eigenvalue weighted by Crippen LogP contribution is -2.57. The number of rotatable bonds is 26. The summed E-state index contributed by atoms with van der Waals surface area (Å²) in [7, 11) is -0.825. The molecule has 1 saturated heterocycles. The number of amides is 2. The SMILES string of the molecule is COC(=O)C1CC(NCCOCCOCCOCCOCCOc2cc3nccc(Nc4ccc5scnc5c4)c3cc2S(=O)(=O)C(C)(C)C)CN1C(=O)[C@@H](NC[C@H](C)N(C)C(=O)OC(C)(C)C)C(C)(C)C. The number of likely N-dealkylation sites (N-methyl/N-ethyl adjacent to an activating group) is 1. The van der Waals surface area contributed by atoms with Crippen LogP contribution in [-0.2, 0) is 47.8 Å². The fourth-order valence-electron chi connectivity index (χ4n) is 7.77. The monoisotopic (exact) mass is 1040 g/mol. The average molecular weight is 1040 g/mol. The number of nitrogens with zero attached hydrogens (tertiary/aromatic N) is 4. The van der Waals surface area contributed by atoms with Gasteiger partial charge in [-0.05, 0) is 90.6 Å². The maximum Gasteiger partial charge on any atom is 0.410 e. The van der Waals surface area contributed by atoms with Crippen molar-refractivity contribution in [3.8, 4) is 5.75 Å². The molecule has 3 heterocycles. The number of carbonyl (C=O) groups is 3. The Morgan fingerprint density at radius 1 is 0.847 bits per heavy atom. The van der Waals surface area contributed by atoms with Crippen LogP contribution in [0.1, 0.15) is 75.7 Å². The predicted octanol–water partition coefficient (Wildman–Crippen LogP) is 6.60. The zero-order valence-electron chi connectivity index (χ0n) is 44.1. The van der Waals surface area contributed by atoms with Crippen molar-refractivity contribution < 1.29 is 56.0 Å². The lowest BCUT2D eigenvalue weighted by atomic mass is 9.85. The quantitative estimate of drug-likeness (QED) is 0.0446. The van der Waals surface area contributed by atoms with E-state index in [1.54, 1.807) is 67.9 Å². The summed E-state index contributed by atoms with van der Waals surface area (Å²) < 4.78 is 67.1. The van der Waals surface area contributed by atoms with Crippen molar-refractivity contribution in [2.45, 2.75) is 115 Å². The van der Waals surface area contributed by atoms with Crippen LogP contribution < -0.4 is 20.7 Å². The first-order valence-electron chi connectivity index (χ1n) is 24.4. The molecule has 1 fully saturated rings. The van der Waals surface area contributed by atoms with Crippen molar-refractivity contribution >= 4 is 71.6 Å². The standard InChI is InChI=1S/C51H77N7O12S2/c1-34(57(11)48(61)70-50(5,6)7)31-54-45(49(2,3)4)46(59)58-32-36(28-41(58)47(60)64-12)52-17-18-65-19-20-66-21-22-67-23-24-68-25-26-69-42-30-39-37(29-44(42)72(62,63)51(8,9)10)38(15-16-53-39)56-35-13-14-43-40(27-35)55-33-71-43/h13-16,27,29-30,33-34,36,41,45,52,54H,17-26,28,31-32H2,1-12H3,(H,53,56)/t34-,36?,41?,45+/m0/s1. The zero-order valence-corrected chi connectivity index (χ0v) is 45.8. The van der Waals surface area contributed by atoms with Gasteiger partial charge in [-0.1, -0.05) is 20.8 Å². The van der Waals surface area contributed by atoms with Gasteiger partial charge in [-0.15, -0.1) is 11.3 Å². The fourth-order valence-corrected chi connectivity index (χ4v) is 9.74. The molecule has 4 aromatic rings. The highest BCUT2D eigenvalue weighted by molar-refractivity contribution is 7.92. The summed E-state index contributed by atoms with van der Waals surface area (Å²) in [5, 5.41) is 10.8. The number of sulfone groups is 1. The summed E-state index contributed by atoms with van der Waals surface area (Å²) in [5.41, 5.74) is 3.64. The van der Waals surface area contributed by atoms with Crippen LogP contribution in [0, 0.1) is 5.41 Å². The largest absolute Gasteiger partial charge is 0.490 e. The Kier molecular flexibility index (Phi) is 21.0. The van der Waals surface area contributed by atoms with Crippen LogP contribution >= 0.6 is 11.3 Å². The van der Waals surface area contributed by atoms with E-state index in [1.807, 2.05) is 72.7 Å². The summed E-state index contributed by atoms with van der Waals surface area (Å²) in [4.78, 5) is 51.8. The number of fused-ring (bicyclic) bond motifs is 2. The molecule has 0 radical (unpaired) electrons. The highest BCUT2D eigenvalue weighted by Gasteiger charge is 2.45. The number of likely N-dealkylation sites (tertiary alicyclic amines) is 1. The third kappa shape index (κ3) is 16.4. The first-order chi connectivity index (χ1) is 33.9. The Balaban J connectivity index is 0.966. The highest BCUT2D eigenvalue weighted by Crippen LogP contribution is 2.38. The number of benzene rings is 2. The van der Waals surface area contributed by atoms with Gasteiger partial charge in [0.1, 0.15) is 28.9 Å². The molecule has 0 bridgehead atoms. The maximum absolute atomic E-state index is 14.1. The van der Waals surface area contributed by atoms with Gasteiger partial charge in [-0.25, -0.2) is 23.0 Å². The molecule has 72 heavy (non-hydrogen) atoms. The van der Waals surface area contributed by atoms with Crippen LogP contribution in [-0.4, -0.2) is 174 Å². The maximum atomic E-state index is 14.1. The van der Waals surface area contributed by atoms with Gasteiger partial charge in [0.2, 0.25) is 5.91 Å². The molecule has 0 saturated carbocycles. The summed E-state index contributed by atoms with van der Waals surface area (Å²) in [5.74, 6) is -0.475. The lowest BCUT2D eigenvalue weighted by Gasteiger charge is -2.37. The van der Waals surface area contributed by atoms with E-state index >= 15 is 0 Å².